The average Bonchev–Trinajstić information content (AvgIpc) is 2.89. The lowest BCUT2D eigenvalue weighted by Gasteiger charge is -2.25. The Bertz CT molecular complexity index is 802. The van der Waals surface area contributed by atoms with Crippen LogP contribution >= 0.6 is 11.6 Å². The Labute approximate surface area is 152 Å². The first-order valence-electron chi connectivity index (χ1n) is 8.72. The standard InChI is InChI=1S/C20H21ClN2O2/c21-18-6-5-13(11-17(18)14-7-9-22-10-8-14)12-23-19(24)15-3-1-2-4-16(15)20(23)25/h1-6,11,14,19,22,24H,7-10,12H2. The van der Waals surface area contributed by atoms with E-state index in [1.807, 2.05) is 24.3 Å². The first-order valence-corrected chi connectivity index (χ1v) is 9.10. The fourth-order valence-corrected chi connectivity index (χ4v) is 4.11. The molecule has 2 heterocycles. The number of fused-ring (bicyclic) bond motifs is 1. The molecule has 4 rings (SSSR count). The molecule has 0 aromatic heterocycles. The van der Waals surface area contributed by atoms with Gasteiger partial charge in [0.05, 0.1) is 0 Å². The zero-order valence-electron chi connectivity index (χ0n) is 13.9. The number of hydrogen-bond acceptors (Lipinski definition) is 3. The van der Waals surface area contributed by atoms with E-state index in [4.69, 9.17) is 11.6 Å². The first-order chi connectivity index (χ1) is 12.1. The molecular weight excluding hydrogens is 336 g/mol. The van der Waals surface area contributed by atoms with Crippen LogP contribution in [0.4, 0.5) is 0 Å². The van der Waals surface area contributed by atoms with Gasteiger partial charge >= 0.3 is 0 Å². The summed E-state index contributed by atoms with van der Waals surface area (Å²) in [6.45, 7) is 2.39. The van der Waals surface area contributed by atoms with E-state index in [2.05, 4.69) is 11.4 Å². The summed E-state index contributed by atoms with van der Waals surface area (Å²) in [5, 5.41) is 14.7. The van der Waals surface area contributed by atoms with Crippen molar-refractivity contribution in [2.24, 2.45) is 0 Å². The van der Waals surface area contributed by atoms with Gasteiger partial charge in [-0.25, -0.2) is 0 Å². The summed E-state index contributed by atoms with van der Waals surface area (Å²) in [5.74, 6) is 0.326. The van der Waals surface area contributed by atoms with Gasteiger partial charge in [-0.1, -0.05) is 41.9 Å². The van der Waals surface area contributed by atoms with Gasteiger partial charge in [0, 0.05) is 22.7 Å². The smallest absolute Gasteiger partial charge is 0.256 e. The molecule has 2 aliphatic rings. The third kappa shape index (κ3) is 3.06. The molecule has 0 bridgehead atoms. The molecule has 130 valence electrons. The number of piperidine rings is 1. The minimum Gasteiger partial charge on any atom is -0.369 e. The second kappa shape index (κ2) is 6.79. The van der Waals surface area contributed by atoms with Crippen LogP contribution in [0.5, 0.6) is 0 Å². The molecule has 2 aromatic carbocycles. The third-order valence-electron chi connectivity index (χ3n) is 5.22. The highest BCUT2D eigenvalue weighted by molar-refractivity contribution is 6.31. The van der Waals surface area contributed by atoms with Crippen molar-refractivity contribution >= 4 is 17.5 Å². The third-order valence-corrected chi connectivity index (χ3v) is 5.56. The number of carbonyl (C=O) groups excluding carboxylic acids is 1. The van der Waals surface area contributed by atoms with E-state index in [-0.39, 0.29) is 5.91 Å². The summed E-state index contributed by atoms with van der Waals surface area (Å²) in [5.41, 5.74) is 3.42. The van der Waals surface area contributed by atoms with Crippen LogP contribution < -0.4 is 5.32 Å². The number of carbonyl (C=O) groups is 1. The van der Waals surface area contributed by atoms with E-state index >= 15 is 0 Å². The largest absolute Gasteiger partial charge is 0.369 e. The lowest BCUT2D eigenvalue weighted by molar-refractivity contribution is 0.0137. The molecule has 0 radical (unpaired) electrons. The van der Waals surface area contributed by atoms with E-state index < -0.39 is 6.23 Å². The maximum Gasteiger partial charge on any atom is 0.256 e. The first kappa shape index (κ1) is 16.6. The molecule has 1 amide bonds. The molecule has 1 saturated heterocycles. The molecule has 4 nitrogen and oxygen atoms in total. The topological polar surface area (TPSA) is 52.6 Å². The predicted octanol–water partition coefficient (Wildman–Crippen LogP) is 3.45. The Kier molecular flexibility index (Phi) is 4.50. The van der Waals surface area contributed by atoms with Crippen molar-refractivity contribution in [3.05, 3.63) is 69.7 Å². The van der Waals surface area contributed by atoms with Crippen LogP contribution in [0.1, 0.15) is 52.0 Å². The number of nitrogens with zero attached hydrogens (tertiary/aromatic N) is 1. The molecule has 0 aliphatic carbocycles. The zero-order valence-corrected chi connectivity index (χ0v) is 14.7. The summed E-state index contributed by atoms with van der Waals surface area (Å²) in [6.07, 6.45) is 1.25. The predicted molar refractivity (Wildman–Crippen MR) is 97.6 cm³/mol. The van der Waals surface area contributed by atoms with Gasteiger partial charge in [0.1, 0.15) is 0 Å². The highest BCUT2D eigenvalue weighted by Crippen LogP contribution is 2.35. The molecule has 0 spiro atoms. The summed E-state index contributed by atoms with van der Waals surface area (Å²) >= 11 is 6.43. The van der Waals surface area contributed by atoms with E-state index in [9.17, 15) is 9.90 Å². The molecule has 0 saturated carbocycles. The summed E-state index contributed by atoms with van der Waals surface area (Å²) in [4.78, 5) is 14.1. The van der Waals surface area contributed by atoms with Crippen LogP contribution in [0.3, 0.4) is 0 Å². The average molecular weight is 357 g/mol. The van der Waals surface area contributed by atoms with Crippen LogP contribution in [0, 0.1) is 0 Å². The number of halogens is 1. The SMILES string of the molecule is O=C1c2ccccc2C(O)N1Cc1ccc(Cl)c(C2CCNCC2)c1. The van der Waals surface area contributed by atoms with E-state index in [0.29, 0.717) is 23.6 Å². The Morgan fingerprint density at radius 2 is 1.88 bits per heavy atom. The quantitative estimate of drug-likeness (QED) is 0.885. The number of rotatable bonds is 3. The van der Waals surface area contributed by atoms with Crippen molar-refractivity contribution < 1.29 is 9.90 Å². The molecule has 25 heavy (non-hydrogen) atoms. The van der Waals surface area contributed by atoms with Crippen molar-refractivity contribution in [1.82, 2.24) is 10.2 Å². The summed E-state index contributed by atoms with van der Waals surface area (Å²) < 4.78 is 0. The van der Waals surface area contributed by atoms with Gasteiger partial charge < -0.3 is 15.3 Å². The van der Waals surface area contributed by atoms with Crippen LogP contribution in [-0.4, -0.2) is 29.0 Å². The van der Waals surface area contributed by atoms with Crippen molar-refractivity contribution in [3.8, 4) is 0 Å². The fraction of sp³-hybridized carbons (Fsp3) is 0.350. The lowest BCUT2D eigenvalue weighted by atomic mass is 9.89. The monoisotopic (exact) mass is 356 g/mol. The summed E-state index contributed by atoms with van der Waals surface area (Å²) in [7, 11) is 0. The Balaban J connectivity index is 1.58. The van der Waals surface area contributed by atoms with Crippen molar-refractivity contribution in [1.29, 1.82) is 0 Å². The Hall–Kier alpha value is -1.88. The second-order valence-corrected chi connectivity index (χ2v) is 7.18. The molecule has 5 heteroatoms. The van der Waals surface area contributed by atoms with E-state index in [0.717, 1.165) is 42.1 Å². The number of nitrogens with one attached hydrogen (secondary N) is 1. The van der Waals surface area contributed by atoms with E-state index in [1.54, 1.807) is 12.1 Å². The zero-order chi connectivity index (χ0) is 17.4. The lowest BCUT2D eigenvalue weighted by Crippen LogP contribution is -2.28. The fourth-order valence-electron chi connectivity index (χ4n) is 3.84. The molecule has 2 N–H and O–H groups in total. The van der Waals surface area contributed by atoms with Gasteiger partial charge in [0.25, 0.3) is 5.91 Å². The Morgan fingerprint density at radius 1 is 1.12 bits per heavy atom. The molecule has 1 fully saturated rings. The van der Waals surface area contributed by atoms with Crippen molar-refractivity contribution in [2.75, 3.05) is 13.1 Å². The van der Waals surface area contributed by atoms with Gasteiger partial charge in [-0.3, -0.25) is 4.79 Å². The normalized spacial score (nSPS) is 20.8. The maximum atomic E-state index is 12.6. The van der Waals surface area contributed by atoms with Crippen molar-refractivity contribution in [3.63, 3.8) is 0 Å². The van der Waals surface area contributed by atoms with Gasteiger partial charge in [0.2, 0.25) is 0 Å². The van der Waals surface area contributed by atoms with E-state index in [1.165, 1.54) is 4.90 Å². The van der Waals surface area contributed by atoms with Crippen molar-refractivity contribution in [2.45, 2.75) is 31.5 Å². The maximum absolute atomic E-state index is 12.6. The van der Waals surface area contributed by atoms with Crippen LogP contribution in [0.25, 0.3) is 0 Å². The highest BCUT2D eigenvalue weighted by Gasteiger charge is 2.35. The van der Waals surface area contributed by atoms with Gasteiger partial charge in [-0.15, -0.1) is 0 Å². The van der Waals surface area contributed by atoms with Gasteiger partial charge in [-0.2, -0.15) is 0 Å². The number of amides is 1. The van der Waals surface area contributed by atoms with Gasteiger partial charge in [-0.05, 0) is 55.1 Å². The van der Waals surface area contributed by atoms with Gasteiger partial charge in [0.15, 0.2) is 6.23 Å². The minimum atomic E-state index is -0.887. The summed E-state index contributed by atoms with van der Waals surface area (Å²) in [6, 6.07) is 13.2. The van der Waals surface area contributed by atoms with Crippen LogP contribution in [-0.2, 0) is 6.54 Å². The molecule has 1 unspecified atom stereocenters. The molecule has 2 aliphatic heterocycles. The highest BCUT2D eigenvalue weighted by atomic mass is 35.5. The Morgan fingerprint density at radius 3 is 2.64 bits per heavy atom. The number of aliphatic hydroxyl groups is 1. The number of hydrogen-bond donors (Lipinski definition) is 2. The van der Waals surface area contributed by atoms with Crippen LogP contribution in [0.15, 0.2) is 42.5 Å². The number of aliphatic hydroxyl groups excluding tert-OH is 1. The molecular formula is C20H21ClN2O2. The molecule has 1 atom stereocenters. The second-order valence-electron chi connectivity index (χ2n) is 6.77. The number of benzene rings is 2. The minimum absolute atomic E-state index is 0.124. The van der Waals surface area contributed by atoms with Crippen LogP contribution in [0.2, 0.25) is 5.02 Å². The molecule has 2 aromatic rings.